The molecule has 3 heteroatoms. The van der Waals surface area contributed by atoms with E-state index in [9.17, 15) is 0 Å². The summed E-state index contributed by atoms with van der Waals surface area (Å²) >= 11 is 0. The fourth-order valence-corrected chi connectivity index (χ4v) is 2.90. The van der Waals surface area contributed by atoms with Crippen LogP contribution in [0.3, 0.4) is 0 Å². The SMILES string of the molecule is PC(c1ccccc1)(c1ccccc1)c1ccn[nH]1. The fourth-order valence-electron chi connectivity index (χ4n) is 2.36. The van der Waals surface area contributed by atoms with Crippen LogP contribution in [0.5, 0.6) is 0 Å². The van der Waals surface area contributed by atoms with Crippen molar-refractivity contribution >= 4 is 9.24 Å². The lowest BCUT2D eigenvalue weighted by Gasteiger charge is -2.29. The van der Waals surface area contributed by atoms with Crippen LogP contribution in [0.4, 0.5) is 0 Å². The molecule has 19 heavy (non-hydrogen) atoms. The minimum atomic E-state index is -0.293. The Hall–Kier alpha value is -1.92. The Labute approximate surface area is 115 Å². The molecule has 0 aliphatic rings. The first kappa shape index (κ1) is 12.1. The predicted octanol–water partition coefficient (Wildman–Crippen LogP) is 3.58. The van der Waals surface area contributed by atoms with E-state index in [0.29, 0.717) is 0 Å². The Balaban J connectivity index is 2.23. The van der Waals surface area contributed by atoms with E-state index in [1.54, 1.807) is 6.20 Å². The molecule has 1 atom stereocenters. The van der Waals surface area contributed by atoms with Crippen molar-refractivity contribution in [2.24, 2.45) is 0 Å². The minimum absolute atomic E-state index is 0.293. The van der Waals surface area contributed by atoms with E-state index in [0.717, 1.165) is 5.69 Å². The van der Waals surface area contributed by atoms with Gasteiger partial charge in [0.05, 0.1) is 10.9 Å². The Morgan fingerprint density at radius 2 is 1.32 bits per heavy atom. The molecule has 0 aliphatic heterocycles. The van der Waals surface area contributed by atoms with Crippen molar-refractivity contribution in [2.75, 3.05) is 0 Å². The van der Waals surface area contributed by atoms with Gasteiger partial charge >= 0.3 is 0 Å². The van der Waals surface area contributed by atoms with Crippen LogP contribution < -0.4 is 0 Å². The molecular weight excluding hydrogens is 251 g/mol. The van der Waals surface area contributed by atoms with Crippen LogP contribution in [-0.2, 0) is 5.16 Å². The van der Waals surface area contributed by atoms with Gasteiger partial charge in [-0.25, -0.2) is 0 Å². The van der Waals surface area contributed by atoms with Gasteiger partial charge in [0.25, 0.3) is 0 Å². The van der Waals surface area contributed by atoms with E-state index in [2.05, 4.69) is 68.0 Å². The summed E-state index contributed by atoms with van der Waals surface area (Å²) in [5.41, 5.74) is 3.50. The summed E-state index contributed by atoms with van der Waals surface area (Å²) in [4.78, 5) is 0. The maximum Gasteiger partial charge on any atom is 0.0757 e. The second kappa shape index (κ2) is 4.99. The zero-order valence-corrected chi connectivity index (χ0v) is 11.6. The highest BCUT2D eigenvalue weighted by atomic mass is 31.0. The molecule has 1 heterocycles. The van der Waals surface area contributed by atoms with E-state index in [1.165, 1.54) is 11.1 Å². The highest BCUT2D eigenvalue weighted by molar-refractivity contribution is 7.19. The lowest BCUT2D eigenvalue weighted by molar-refractivity contribution is 0.833. The van der Waals surface area contributed by atoms with Gasteiger partial charge in [0.1, 0.15) is 0 Å². The van der Waals surface area contributed by atoms with Gasteiger partial charge in [0.15, 0.2) is 0 Å². The molecule has 3 aromatic rings. The molecule has 0 bridgehead atoms. The monoisotopic (exact) mass is 266 g/mol. The topological polar surface area (TPSA) is 28.7 Å². The predicted molar refractivity (Wildman–Crippen MR) is 81.1 cm³/mol. The van der Waals surface area contributed by atoms with Gasteiger partial charge in [-0.1, -0.05) is 60.7 Å². The van der Waals surface area contributed by atoms with Gasteiger partial charge in [-0.15, -0.1) is 9.24 Å². The summed E-state index contributed by atoms with van der Waals surface area (Å²) in [6, 6.07) is 22.9. The average molecular weight is 266 g/mol. The summed E-state index contributed by atoms with van der Waals surface area (Å²) in [6.07, 6.45) is 1.79. The minimum Gasteiger partial charge on any atom is -0.281 e. The van der Waals surface area contributed by atoms with E-state index < -0.39 is 0 Å². The Morgan fingerprint density at radius 1 is 0.789 bits per heavy atom. The van der Waals surface area contributed by atoms with E-state index >= 15 is 0 Å². The van der Waals surface area contributed by atoms with Crippen molar-refractivity contribution in [1.82, 2.24) is 10.2 Å². The molecule has 0 saturated carbocycles. The molecule has 0 fully saturated rings. The Bertz CT molecular complexity index is 594. The third kappa shape index (κ3) is 2.09. The molecule has 1 N–H and O–H groups in total. The molecule has 0 aliphatic carbocycles. The molecule has 3 rings (SSSR count). The molecule has 0 spiro atoms. The van der Waals surface area contributed by atoms with Crippen LogP contribution in [0.15, 0.2) is 72.9 Å². The van der Waals surface area contributed by atoms with E-state index in [-0.39, 0.29) is 5.16 Å². The largest absolute Gasteiger partial charge is 0.281 e. The molecule has 0 amide bonds. The number of nitrogens with one attached hydrogen (secondary N) is 1. The standard InChI is InChI=1S/C16H15N2P/c19-16(15-11-12-17-18-15,13-7-3-1-4-8-13)14-9-5-2-6-10-14/h1-12H,19H2,(H,17,18). The van der Waals surface area contributed by atoms with Crippen molar-refractivity contribution in [1.29, 1.82) is 0 Å². The van der Waals surface area contributed by atoms with E-state index in [1.807, 2.05) is 18.2 Å². The highest BCUT2D eigenvalue weighted by Crippen LogP contribution is 2.43. The van der Waals surface area contributed by atoms with Crippen LogP contribution in [-0.4, -0.2) is 10.2 Å². The highest BCUT2D eigenvalue weighted by Gasteiger charge is 2.32. The number of rotatable bonds is 3. The van der Waals surface area contributed by atoms with Crippen molar-refractivity contribution in [2.45, 2.75) is 5.16 Å². The van der Waals surface area contributed by atoms with Crippen molar-refractivity contribution in [3.63, 3.8) is 0 Å². The van der Waals surface area contributed by atoms with Gasteiger partial charge in [-0.05, 0) is 17.2 Å². The zero-order chi connectivity index (χ0) is 13.1. The third-order valence-electron chi connectivity index (χ3n) is 3.38. The van der Waals surface area contributed by atoms with E-state index in [4.69, 9.17) is 0 Å². The van der Waals surface area contributed by atoms with Crippen LogP contribution >= 0.6 is 9.24 Å². The van der Waals surface area contributed by atoms with Gasteiger partial charge in [0.2, 0.25) is 0 Å². The van der Waals surface area contributed by atoms with Crippen LogP contribution in [0.2, 0.25) is 0 Å². The number of aromatic amines is 1. The molecule has 2 nitrogen and oxygen atoms in total. The Kier molecular flexibility index (Phi) is 3.18. The lowest BCUT2D eigenvalue weighted by Crippen LogP contribution is -2.22. The number of nitrogens with zero attached hydrogens (tertiary/aromatic N) is 1. The molecule has 2 aromatic carbocycles. The van der Waals surface area contributed by atoms with Crippen molar-refractivity contribution in [3.05, 3.63) is 89.7 Å². The normalized spacial score (nSPS) is 11.4. The molecule has 0 saturated heterocycles. The molecule has 94 valence electrons. The summed E-state index contributed by atoms with van der Waals surface area (Å²) in [7, 11) is 2.98. The van der Waals surface area contributed by atoms with Crippen molar-refractivity contribution < 1.29 is 0 Å². The third-order valence-corrected chi connectivity index (χ3v) is 4.36. The summed E-state index contributed by atoms with van der Waals surface area (Å²) < 4.78 is 0. The summed E-state index contributed by atoms with van der Waals surface area (Å²) in [6.45, 7) is 0. The smallest absolute Gasteiger partial charge is 0.0757 e. The maximum absolute atomic E-state index is 4.10. The summed E-state index contributed by atoms with van der Waals surface area (Å²) in [5, 5.41) is 6.91. The molecule has 1 unspecified atom stereocenters. The first-order valence-electron chi connectivity index (χ1n) is 6.21. The van der Waals surface area contributed by atoms with Crippen LogP contribution in [0.1, 0.15) is 16.8 Å². The zero-order valence-electron chi connectivity index (χ0n) is 10.5. The first-order valence-corrected chi connectivity index (χ1v) is 6.79. The molecule has 0 radical (unpaired) electrons. The van der Waals surface area contributed by atoms with Crippen LogP contribution in [0, 0.1) is 0 Å². The van der Waals surface area contributed by atoms with Crippen LogP contribution in [0.25, 0.3) is 0 Å². The molecule has 1 aromatic heterocycles. The number of H-pyrrole nitrogens is 1. The number of hydrogen-bond donors (Lipinski definition) is 1. The fraction of sp³-hybridized carbons (Fsp3) is 0.0625. The second-order valence-electron chi connectivity index (χ2n) is 4.51. The van der Waals surface area contributed by atoms with Gasteiger partial charge < -0.3 is 0 Å². The van der Waals surface area contributed by atoms with Gasteiger partial charge in [0, 0.05) is 6.20 Å². The Morgan fingerprint density at radius 3 is 1.74 bits per heavy atom. The van der Waals surface area contributed by atoms with Gasteiger partial charge in [-0.2, -0.15) is 5.10 Å². The average Bonchev–Trinajstić information content (AvgIpc) is 3.03. The quantitative estimate of drug-likeness (QED) is 0.721. The summed E-state index contributed by atoms with van der Waals surface area (Å²) in [5.74, 6) is 0. The van der Waals surface area contributed by atoms with Crippen molar-refractivity contribution in [3.8, 4) is 0 Å². The number of hydrogen-bond acceptors (Lipinski definition) is 1. The first-order chi connectivity index (χ1) is 9.32. The molecular formula is C16H15N2P. The lowest BCUT2D eigenvalue weighted by atomic mass is 9.87. The number of benzene rings is 2. The van der Waals surface area contributed by atoms with Gasteiger partial charge in [-0.3, -0.25) is 5.10 Å². The number of aromatic nitrogens is 2. The maximum atomic E-state index is 4.10. The second-order valence-corrected chi connectivity index (χ2v) is 5.38.